The Balaban J connectivity index is 1.61. The standard InChI is InChI=1S/C26H32N2O6/c1-3-4-9-17(14-23(30)28-24(16(2)29)25(31)32)27-26(33)34-15-22-20-12-7-5-10-18(20)19-11-6-8-13-21(19)22/h5-8,10-13,16-17,22,24,29H,3-4,9,14-15H2,1-2H3,(H,27,33)(H,28,30)(H,31,32). The van der Waals surface area contributed by atoms with Gasteiger partial charge in [0.2, 0.25) is 5.91 Å². The zero-order valence-corrected chi connectivity index (χ0v) is 19.5. The Morgan fingerprint density at radius 2 is 1.59 bits per heavy atom. The fourth-order valence-electron chi connectivity index (χ4n) is 4.33. The highest BCUT2D eigenvalue weighted by Gasteiger charge is 2.30. The number of rotatable bonds is 11. The summed E-state index contributed by atoms with van der Waals surface area (Å²) in [5.74, 6) is -1.95. The number of amides is 2. The van der Waals surface area contributed by atoms with Crippen molar-refractivity contribution < 1.29 is 29.3 Å². The number of aliphatic hydroxyl groups is 1. The highest BCUT2D eigenvalue weighted by atomic mass is 16.5. The first-order chi connectivity index (χ1) is 16.3. The third-order valence-corrected chi connectivity index (χ3v) is 6.07. The molecule has 0 saturated carbocycles. The fraction of sp³-hybridized carbons (Fsp3) is 0.423. The maximum absolute atomic E-state index is 12.6. The normalized spacial score (nSPS) is 14.9. The van der Waals surface area contributed by atoms with Gasteiger partial charge >= 0.3 is 12.1 Å². The molecule has 3 atom stereocenters. The second-order valence-corrected chi connectivity index (χ2v) is 8.64. The molecule has 0 heterocycles. The van der Waals surface area contributed by atoms with E-state index in [1.54, 1.807) is 0 Å². The summed E-state index contributed by atoms with van der Waals surface area (Å²) in [5.41, 5.74) is 4.49. The molecule has 2 aromatic carbocycles. The molecule has 0 bridgehead atoms. The van der Waals surface area contributed by atoms with E-state index in [1.807, 2.05) is 43.3 Å². The van der Waals surface area contributed by atoms with Gasteiger partial charge in [0.15, 0.2) is 6.04 Å². The molecular weight excluding hydrogens is 436 g/mol. The maximum atomic E-state index is 12.6. The molecule has 2 amide bonds. The van der Waals surface area contributed by atoms with Gasteiger partial charge in [-0.2, -0.15) is 0 Å². The highest BCUT2D eigenvalue weighted by Crippen LogP contribution is 2.44. The number of aliphatic hydroxyl groups excluding tert-OH is 1. The number of nitrogens with one attached hydrogen (secondary N) is 2. The summed E-state index contributed by atoms with van der Waals surface area (Å²) in [6.45, 7) is 3.45. The summed E-state index contributed by atoms with van der Waals surface area (Å²) in [7, 11) is 0. The Morgan fingerprint density at radius 3 is 2.12 bits per heavy atom. The molecule has 3 unspecified atom stereocenters. The number of unbranched alkanes of at least 4 members (excludes halogenated alkanes) is 1. The summed E-state index contributed by atoms with van der Waals surface area (Å²) < 4.78 is 5.57. The second kappa shape index (κ2) is 11.7. The molecule has 0 fully saturated rings. The average molecular weight is 469 g/mol. The third kappa shape index (κ3) is 6.14. The van der Waals surface area contributed by atoms with Gasteiger partial charge in [0.05, 0.1) is 6.10 Å². The molecular formula is C26H32N2O6. The van der Waals surface area contributed by atoms with Gasteiger partial charge in [-0.1, -0.05) is 68.3 Å². The highest BCUT2D eigenvalue weighted by molar-refractivity contribution is 5.84. The minimum absolute atomic E-state index is 0.0714. The van der Waals surface area contributed by atoms with Crippen molar-refractivity contribution in [2.45, 2.75) is 63.6 Å². The zero-order chi connectivity index (χ0) is 24.7. The van der Waals surface area contributed by atoms with Crippen LogP contribution in [0.1, 0.15) is 56.6 Å². The fourth-order valence-corrected chi connectivity index (χ4v) is 4.33. The number of carboxylic acid groups (broad SMARTS) is 1. The van der Waals surface area contributed by atoms with Crippen molar-refractivity contribution in [3.8, 4) is 11.1 Å². The predicted molar refractivity (Wildman–Crippen MR) is 127 cm³/mol. The van der Waals surface area contributed by atoms with Crippen LogP contribution in [-0.2, 0) is 14.3 Å². The van der Waals surface area contributed by atoms with Crippen LogP contribution in [0.4, 0.5) is 4.79 Å². The molecule has 0 radical (unpaired) electrons. The number of carboxylic acids is 1. The van der Waals surface area contributed by atoms with Crippen LogP contribution in [0.5, 0.6) is 0 Å². The van der Waals surface area contributed by atoms with E-state index in [1.165, 1.54) is 6.92 Å². The lowest BCUT2D eigenvalue weighted by molar-refractivity contribution is -0.144. The van der Waals surface area contributed by atoms with Gasteiger partial charge in [-0.05, 0) is 35.6 Å². The average Bonchev–Trinajstić information content (AvgIpc) is 3.13. The van der Waals surface area contributed by atoms with Gasteiger partial charge in [0.25, 0.3) is 0 Å². The van der Waals surface area contributed by atoms with Crippen LogP contribution in [0, 0.1) is 0 Å². The van der Waals surface area contributed by atoms with E-state index in [9.17, 15) is 19.5 Å². The van der Waals surface area contributed by atoms with Crippen LogP contribution in [0.25, 0.3) is 11.1 Å². The molecule has 182 valence electrons. The van der Waals surface area contributed by atoms with Crippen molar-refractivity contribution in [3.05, 3.63) is 59.7 Å². The largest absolute Gasteiger partial charge is 0.480 e. The molecule has 8 heteroatoms. The zero-order valence-electron chi connectivity index (χ0n) is 19.5. The summed E-state index contributed by atoms with van der Waals surface area (Å²) in [6, 6.07) is 14.2. The first-order valence-electron chi connectivity index (χ1n) is 11.6. The molecule has 3 rings (SSSR count). The van der Waals surface area contributed by atoms with E-state index in [2.05, 4.69) is 22.8 Å². The molecule has 1 aliphatic rings. The summed E-state index contributed by atoms with van der Waals surface area (Å²) in [5, 5.41) is 23.8. The Bertz CT molecular complexity index is 976. The molecule has 8 nitrogen and oxygen atoms in total. The maximum Gasteiger partial charge on any atom is 0.407 e. The van der Waals surface area contributed by atoms with Gasteiger partial charge in [0, 0.05) is 18.4 Å². The summed E-state index contributed by atoms with van der Waals surface area (Å²) in [6.07, 6.45) is 0.212. The number of hydrogen-bond acceptors (Lipinski definition) is 5. The van der Waals surface area contributed by atoms with Crippen molar-refractivity contribution in [2.75, 3.05) is 6.61 Å². The van der Waals surface area contributed by atoms with Gasteiger partial charge < -0.3 is 25.6 Å². The number of hydrogen-bond donors (Lipinski definition) is 4. The van der Waals surface area contributed by atoms with Gasteiger partial charge in [-0.15, -0.1) is 0 Å². The number of benzene rings is 2. The molecule has 0 aliphatic heterocycles. The summed E-state index contributed by atoms with van der Waals surface area (Å²) in [4.78, 5) is 36.2. The molecule has 0 saturated heterocycles. The van der Waals surface area contributed by atoms with Crippen LogP contribution >= 0.6 is 0 Å². The van der Waals surface area contributed by atoms with Gasteiger partial charge in [0.1, 0.15) is 6.61 Å². The van der Waals surface area contributed by atoms with Gasteiger partial charge in [-0.25, -0.2) is 9.59 Å². The molecule has 0 aromatic heterocycles. The molecule has 4 N–H and O–H groups in total. The second-order valence-electron chi connectivity index (χ2n) is 8.64. The lowest BCUT2D eigenvalue weighted by Gasteiger charge is -2.22. The molecule has 0 spiro atoms. The van der Waals surface area contributed by atoms with Crippen LogP contribution in [0.2, 0.25) is 0 Å². The van der Waals surface area contributed by atoms with Crippen molar-refractivity contribution >= 4 is 18.0 Å². The first kappa shape index (κ1) is 25.2. The number of carbonyl (C=O) groups excluding carboxylic acids is 2. The van der Waals surface area contributed by atoms with Crippen LogP contribution in [0.3, 0.4) is 0 Å². The smallest absolute Gasteiger partial charge is 0.407 e. The van der Waals surface area contributed by atoms with E-state index < -0.39 is 36.2 Å². The number of ether oxygens (including phenoxy) is 1. The van der Waals surface area contributed by atoms with Crippen LogP contribution in [0.15, 0.2) is 48.5 Å². The lowest BCUT2D eigenvalue weighted by Crippen LogP contribution is -2.49. The van der Waals surface area contributed by atoms with E-state index in [4.69, 9.17) is 9.84 Å². The Morgan fingerprint density at radius 1 is 1.00 bits per heavy atom. The number of alkyl carbamates (subject to hydrolysis) is 1. The topological polar surface area (TPSA) is 125 Å². The van der Waals surface area contributed by atoms with E-state index in [-0.39, 0.29) is 18.9 Å². The first-order valence-corrected chi connectivity index (χ1v) is 11.6. The number of fused-ring (bicyclic) bond motifs is 3. The SMILES string of the molecule is CCCCC(CC(=O)NC(C(=O)O)C(C)O)NC(=O)OCC1c2ccccc2-c2ccccc21. The Labute approximate surface area is 199 Å². The Hall–Kier alpha value is -3.39. The van der Waals surface area contributed by atoms with Crippen LogP contribution < -0.4 is 10.6 Å². The monoisotopic (exact) mass is 468 g/mol. The molecule has 1 aliphatic carbocycles. The quantitative estimate of drug-likeness (QED) is 0.400. The van der Waals surface area contributed by atoms with Crippen molar-refractivity contribution in [1.82, 2.24) is 10.6 Å². The predicted octanol–water partition coefficient (Wildman–Crippen LogP) is 3.42. The van der Waals surface area contributed by atoms with E-state index in [0.29, 0.717) is 6.42 Å². The molecule has 34 heavy (non-hydrogen) atoms. The number of aliphatic carboxylic acids is 1. The summed E-state index contributed by atoms with van der Waals surface area (Å²) >= 11 is 0. The van der Waals surface area contributed by atoms with Crippen molar-refractivity contribution in [1.29, 1.82) is 0 Å². The number of carbonyl (C=O) groups is 3. The Kier molecular flexibility index (Phi) is 8.65. The minimum atomic E-state index is -1.41. The third-order valence-electron chi connectivity index (χ3n) is 6.07. The van der Waals surface area contributed by atoms with Crippen molar-refractivity contribution in [3.63, 3.8) is 0 Å². The lowest BCUT2D eigenvalue weighted by atomic mass is 9.98. The van der Waals surface area contributed by atoms with Crippen molar-refractivity contribution in [2.24, 2.45) is 0 Å². The van der Waals surface area contributed by atoms with E-state index in [0.717, 1.165) is 35.1 Å². The molecule has 2 aromatic rings. The minimum Gasteiger partial charge on any atom is -0.480 e. The van der Waals surface area contributed by atoms with E-state index >= 15 is 0 Å². The van der Waals surface area contributed by atoms with Crippen LogP contribution in [-0.4, -0.2) is 53.0 Å². The van der Waals surface area contributed by atoms with Gasteiger partial charge in [-0.3, -0.25) is 4.79 Å².